The van der Waals surface area contributed by atoms with Gasteiger partial charge in [0.25, 0.3) is 11.8 Å². The Morgan fingerprint density at radius 2 is 1.67 bits per heavy atom. The van der Waals surface area contributed by atoms with E-state index >= 15 is 0 Å². The summed E-state index contributed by atoms with van der Waals surface area (Å²) in [6.07, 6.45) is -1.36. The largest absolute Gasteiger partial charge is 0.478 e. The van der Waals surface area contributed by atoms with E-state index in [2.05, 4.69) is 5.43 Å². The first-order valence-corrected chi connectivity index (χ1v) is 9.30. The van der Waals surface area contributed by atoms with Gasteiger partial charge in [0.2, 0.25) is 0 Å². The highest BCUT2D eigenvalue weighted by Gasteiger charge is 2.38. The van der Waals surface area contributed by atoms with Gasteiger partial charge >= 0.3 is 12.1 Å². The number of nitrogens with one attached hydrogen (secondary N) is 1. The number of nitrogens with zero attached hydrogens (tertiary/aromatic N) is 1. The minimum atomic E-state index is -1.24. The van der Waals surface area contributed by atoms with E-state index in [1.807, 2.05) is 20.8 Å². The molecular weight excluding hydrogens is 396 g/mol. The van der Waals surface area contributed by atoms with Gasteiger partial charge < -0.3 is 9.84 Å². The van der Waals surface area contributed by atoms with Gasteiger partial charge in [-0.05, 0) is 59.7 Å². The van der Waals surface area contributed by atoms with E-state index in [0.717, 1.165) is 6.07 Å². The zero-order valence-corrected chi connectivity index (χ0v) is 17.8. The lowest BCUT2D eigenvalue weighted by atomic mass is 10.0. The molecule has 1 aliphatic rings. The Morgan fingerprint density at radius 1 is 1.07 bits per heavy atom. The van der Waals surface area contributed by atoms with E-state index < -0.39 is 41.2 Å². The molecule has 2 N–H and O–H groups in total. The number of aromatic carboxylic acids is 1. The molecule has 30 heavy (non-hydrogen) atoms. The molecule has 1 atom stereocenters. The number of hydrazine groups is 1. The van der Waals surface area contributed by atoms with Crippen LogP contribution in [0.5, 0.6) is 0 Å². The van der Waals surface area contributed by atoms with Gasteiger partial charge in [-0.15, -0.1) is 0 Å². The molecule has 10 heteroatoms. The summed E-state index contributed by atoms with van der Waals surface area (Å²) in [6, 6.07) is 3.52. The number of amides is 3. The second-order valence-electron chi connectivity index (χ2n) is 8.58. The number of carboxylic acids is 1. The van der Waals surface area contributed by atoms with E-state index in [1.165, 1.54) is 12.1 Å². The molecule has 0 aliphatic carbocycles. The van der Waals surface area contributed by atoms with Crippen LogP contribution in [-0.2, 0) is 14.5 Å². The van der Waals surface area contributed by atoms with Crippen molar-refractivity contribution in [2.24, 2.45) is 0 Å². The van der Waals surface area contributed by atoms with E-state index in [9.17, 15) is 19.2 Å². The van der Waals surface area contributed by atoms with Crippen molar-refractivity contribution in [3.05, 3.63) is 34.9 Å². The molecule has 3 amide bonds. The number of carbonyl (C=O) groups excluding carboxylic acids is 3. The lowest BCUT2D eigenvalue weighted by Gasteiger charge is -2.30. The number of carbonyl (C=O) groups is 4. The Morgan fingerprint density at radius 3 is 2.23 bits per heavy atom. The summed E-state index contributed by atoms with van der Waals surface area (Å²) >= 11 is 0. The third-order valence-electron chi connectivity index (χ3n) is 3.94. The summed E-state index contributed by atoms with van der Waals surface area (Å²) in [5.74, 6) is -2.86. The molecule has 1 heterocycles. The molecule has 1 unspecified atom stereocenters. The molecule has 1 aromatic rings. The number of benzene rings is 1. The molecule has 0 saturated heterocycles. The lowest BCUT2D eigenvalue weighted by Crippen LogP contribution is -2.47. The van der Waals surface area contributed by atoms with Gasteiger partial charge in [-0.1, -0.05) is 0 Å². The molecule has 164 valence electrons. The molecule has 1 aliphatic heterocycles. The number of imide groups is 1. The molecule has 0 spiro atoms. The fourth-order valence-corrected chi connectivity index (χ4v) is 2.78. The van der Waals surface area contributed by atoms with Crippen LogP contribution < -0.4 is 5.43 Å². The van der Waals surface area contributed by atoms with E-state index in [0.29, 0.717) is 5.01 Å². The zero-order valence-electron chi connectivity index (χ0n) is 17.8. The normalized spacial score (nSPS) is 15.1. The minimum absolute atomic E-state index is 0.00721. The Balaban J connectivity index is 1.97. The highest BCUT2D eigenvalue weighted by atomic mass is 17.2. The first-order chi connectivity index (χ1) is 13.7. The number of fused-ring (bicyclic) bond motifs is 1. The van der Waals surface area contributed by atoms with Crippen LogP contribution in [0.15, 0.2) is 18.2 Å². The van der Waals surface area contributed by atoms with Crippen LogP contribution in [0.1, 0.15) is 79.0 Å². The predicted molar refractivity (Wildman–Crippen MR) is 104 cm³/mol. The van der Waals surface area contributed by atoms with Crippen molar-refractivity contribution < 1.29 is 38.8 Å². The molecule has 10 nitrogen and oxygen atoms in total. The Bertz CT molecular complexity index is 872. The molecular formula is C20H26N2O8. The fourth-order valence-electron chi connectivity index (χ4n) is 2.78. The summed E-state index contributed by atoms with van der Waals surface area (Å²) in [5.41, 5.74) is 0.561. The SMILES string of the molecule is CC(CC(C)(C)OOC(C)(C)C)OC(=O)NN1C(=O)c2ccc(C(=O)O)cc2C1=O. The minimum Gasteiger partial charge on any atom is -0.478 e. The van der Waals surface area contributed by atoms with Crippen molar-refractivity contribution in [1.82, 2.24) is 10.4 Å². The predicted octanol–water partition coefficient (Wildman–Crippen LogP) is 2.93. The summed E-state index contributed by atoms with van der Waals surface area (Å²) in [7, 11) is 0. The third-order valence-corrected chi connectivity index (χ3v) is 3.94. The molecule has 1 aromatic carbocycles. The number of rotatable bonds is 7. The number of ether oxygens (including phenoxy) is 1. The summed E-state index contributed by atoms with van der Waals surface area (Å²) in [6.45, 7) is 10.7. The maximum absolute atomic E-state index is 12.4. The van der Waals surface area contributed by atoms with Crippen molar-refractivity contribution >= 4 is 23.9 Å². The molecule has 0 fully saturated rings. The standard InChI is InChI=1S/C20H26N2O8/c1-11(10-20(5,6)30-29-19(2,3)4)28-18(27)21-22-15(23)13-8-7-12(17(25)26)9-14(13)16(22)24/h7-9,11H,10H2,1-6H3,(H,21,27)(H,25,26). The highest BCUT2D eigenvalue weighted by molar-refractivity contribution is 6.22. The van der Waals surface area contributed by atoms with Crippen LogP contribution in [0.2, 0.25) is 0 Å². The van der Waals surface area contributed by atoms with Crippen molar-refractivity contribution in [2.45, 2.75) is 65.3 Å². The van der Waals surface area contributed by atoms with Gasteiger partial charge in [0.15, 0.2) is 0 Å². The van der Waals surface area contributed by atoms with Crippen molar-refractivity contribution in [1.29, 1.82) is 0 Å². The summed E-state index contributed by atoms with van der Waals surface area (Å²) in [4.78, 5) is 58.7. The molecule has 0 bridgehead atoms. The quantitative estimate of drug-likeness (QED) is 0.389. The maximum Gasteiger partial charge on any atom is 0.426 e. The second kappa shape index (κ2) is 8.41. The number of hydrogen-bond acceptors (Lipinski definition) is 7. The first-order valence-electron chi connectivity index (χ1n) is 9.30. The second-order valence-corrected chi connectivity index (χ2v) is 8.58. The lowest BCUT2D eigenvalue weighted by molar-refractivity contribution is -0.399. The highest BCUT2D eigenvalue weighted by Crippen LogP contribution is 2.24. The monoisotopic (exact) mass is 422 g/mol. The van der Waals surface area contributed by atoms with Crippen molar-refractivity contribution in [3.8, 4) is 0 Å². The molecule has 0 saturated carbocycles. The smallest absolute Gasteiger partial charge is 0.426 e. The topological polar surface area (TPSA) is 131 Å². The fraction of sp³-hybridized carbons (Fsp3) is 0.500. The summed E-state index contributed by atoms with van der Waals surface area (Å²) in [5, 5.41) is 9.53. The van der Waals surface area contributed by atoms with Crippen LogP contribution in [0.25, 0.3) is 0 Å². The van der Waals surface area contributed by atoms with Crippen molar-refractivity contribution in [2.75, 3.05) is 0 Å². The van der Waals surface area contributed by atoms with Gasteiger partial charge in [-0.25, -0.2) is 24.8 Å². The molecule has 0 aromatic heterocycles. The van der Waals surface area contributed by atoms with Crippen LogP contribution in [-0.4, -0.2) is 51.3 Å². The van der Waals surface area contributed by atoms with Gasteiger partial charge in [0.05, 0.1) is 22.3 Å². The Labute approximate surface area is 174 Å². The van der Waals surface area contributed by atoms with Crippen LogP contribution in [0, 0.1) is 0 Å². The Kier molecular flexibility index (Phi) is 6.53. The van der Waals surface area contributed by atoms with Gasteiger partial charge in [0, 0.05) is 6.42 Å². The molecule has 2 rings (SSSR count). The van der Waals surface area contributed by atoms with Crippen LogP contribution in [0.3, 0.4) is 0 Å². The van der Waals surface area contributed by atoms with E-state index in [-0.39, 0.29) is 23.1 Å². The van der Waals surface area contributed by atoms with Gasteiger partial charge in [-0.2, -0.15) is 5.01 Å². The van der Waals surface area contributed by atoms with Gasteiger partial charge in [-0.3, -0.25) is 9.59 Å². The number of hydrogen-bond donors (Lipinski definition) is 2. The van der Waals surface area contributed by atoms with Crippen LogP contribution >= 0.6 is 0 Å². The van der Waals surface area contributed by atoms with Crippen molar-refractivity contribution in [3.63, 3.8) is 0 Å². The maximum atomic E-state index is 12.4. The average Bonchev–Trinajstić information content (AvgIpc) is 2.83. The summed E-state index contributed by atoms with van der Waals surface area (Å²) < 4.78 is 5.21. The number of carboxylic acid groups (broad SMARTS) is 1. The zero-order chi connectivity index (χ0) is 22.9. The average molecular weight is 422 g/mol. The van der Waals surface area contributed by atoms with E-state index in [1.54, 1.807) is 20.8 Å². The Hall–Kier alpha value is -2.98. The molecule has 0 radical (unpaired) electrons. The third kappa shape index (κ3) is 5.77. The van der Waals surface area contributed by atoms with Crippen LogP contribution in [0.4, 0.5) is 4.79 Å². The first kappa shape index (κ1) is 23.3. The van der Waals surface area contributed by atoms with Gasteiger partial charge in [0.1, 0.15) is 11.7 Å². The van der Waals surface area contributed by atoms with E-state index in [4.69, 9.17) is 19.6 Å².